The molecule has 0 bridgehead atoms. The zero-order chi connectivity index (χ0) is 28.3. The Kier molecular flexibility index (Phi) is 6.50. The zero-order valence-electron chi connectivity index (χ0n) is 23.4. The normalized spacial score (nSPS) is 31.2. The van der Waals surface area contributed by atoms with Crippen LogP contribution in [0.2, 0.25) is 0 Å². The van der Waals surface area contributed by atoms with Gasteiger partial charge in [0.1, 0.15) is 5.75 Å². The molecule has 2 aromatic carbocycles. The molecule has 1 fully saturated rings. The molecule has 2 aliphatic heterocycles. The Morgan fingerprint density at radius 3 is 2.59 bits per heavy atom. The first-order valence-corrected chi connectivity index (χ1v) is 13.4. The van der Waals surface area contributed by atoms with E-state index in [0.717, 1.165) is 16.7 Å². The van der Waals surface area contributed by atoms with Crippen LogP contribution < -0.4 is 15.4 Å². The van der Waals surface area contributed by atoms with Crippen LogP contribution in [0.4, 0.5) is 0 Å². The maximum atomic E-state index is 13.5. The van der Waals surface area contributed by atoms with Gasteiger partial charge in [-0.3, -0.25) is 19.9 Å². The highest BCUT2D eigenvalue weighted by Gasteiger charge is 2.53. The van der Waals surface area contributed by atoms with Gasteiger partial charge in [0, 0.05) is 37.0 Å². The van der Waals surface area contributed by atoms with Gasteiger partial charge in [0.05, 0.1) is 24.3 Å². The lowest BCUT2D eigenvalue weighted by molar-refractivity contribution is -0.140. The molecule has 9 nitrogen and oxygen atoms in total. The van der Waals surface area contributed by atoms with Crippen LogP contribution in [0.25, 0.3) is 0 Å². The second kappa shape index (κ2) is 9.34. The zero-order valence-corrected chi connectivity index (χ0v) is 23.4. The van der Waals surface area contributed by atoms with Crippen molar-refractivity contribution in [3.8, 4) is 5.75 Å². The molecule has 2 heterocycles. The highest BCUT2D eigenvalue weighted by molar-refractivity contribution is 6.00. The quantitative estimate of drug-likeness (QED) is 0.467. The van der Waals surface area contributed by atoms with Gasteiger partial charge in [-0.15, -0.1) is 0 Å². The molecule has 0 radical (unpaired) electrons. The summed E-state index contributed by atoms with van der Waals surface area (Å²) < 4.78 is 12.0. The van der Waals surface area contributed by atoms with Crippen molar-refractivity contribution in [2.45, 2.75) is 82.2 Å². The van der Waals surface area contributed by atoms with Crippen LogP contribution in [0.5, 0.6) is 5.75 Å². The summed E-state index contributed by atoms with van der Waals surface area (Å²) in [5, 5.41) is 25.9. The van der Waals surface area contributed by atoms with Crippen molar-refractivity contribution in [3.05, 3.63) is 64.7 Å². The molecule has 9 heteroatoms. The third kappa shape index (κ3) is 4.67. The summed E-state index contributed by atoms with van der Waals surface area (Å²) >= 11 is 0. The topological polar surface area (TPSA) is 124 Å². The Labute approximate surface area is 229 Å². The number of fused-ring (bicyclic) bond motifs is 2. The van der Waals surface area contributed by atoms with Gasteiger partial charge in [-0.1, -0.05) is 31.2 Å². The molecule has 5 atom stereocenters. The van der Waals surface area contributed by atoms with Gasteiger partial charge in [0.25, 0.3) is 5.91 Å². The lowest BCUT2D eigenvalue weighted by atomic mass is 9.77. The maximum Gasteiger partial charge on any atom is 0.251 e. The van der Waals surface area contributed by atoms with E-state index in [4.69, 9.17) is 14.9 Å². The van der Waals surface area contributed by atoms with Gasteiger partial charge in [-0.2, -0.15) is 0 Å². The van der Waals surface area contributed by atoms with Gasteiger partial charge < -0.3 is 25.2 Å². The standard InChI is InChI=1S/C30H38N4O5/c1-17-21-13-18(26(36)32-24-20-10-8-7-9-19(20)14-29(24,4)37)11-12-22(21)39-30(5,16-38-6)25(17)34-23(35)15-28(2,3)33-27(34)31/h7-13,17,24-25,37H,14-16H2,1-6H3,(H2,31,33)(H,32,36)/t17-,24+,25?,29-,30?/m0/s1. The number of ether oxygens (including phenoxy) is 2. The van der Waals surface area contributed by atoms with Gasteiger partial charge in [0.15, 0.2) is 11.6 Å². The molecular formula is C30H38N4O5. The summed E-state index contributed by atoms with van der Waals surface area (Å²) in [4.78, 5) is 28.3. The summed E-state index contributed by atoms with van der Waals surface area (Å²) in [6, 6.07) is 11.9. The van der Waals surface area contributed by atoms with E-state index in [1.165, 1.54) is 4.90 Å². The summed E-state index contributed by atoms with van der Waals surface area (Å²) in [5.41, 5.74) is 0.576. The highest BCUT2D eigenvalue weighted by atomic mass is 16.5. The number of aliphatic hydroxyl groups is 1. The maximum absolute atomic E-state index is 13.5. The predicted octanol–water partition coefficient (Wildman–Crippen LogP) is 3.27. The third-order valence-corrected chi connectivity index (χ3v) is 8.29. The first-order chi connectivity index (χ1) is 18.3. The predicted molar refractivity (Wildman–Crippen MR) is 147 cm³/mol. The van der Waals surface area contributed by atoms with Crippen molar-refractivity contribution in [1.82, 2.24) is 15.5 Å². The van der Waals surface area contributed by atoms with E-state index in [9.17, 15) is 14.7 Å². The molecule has 5 rings (SSSR count). The van der Waals surface area contributed by atoms with E-state index >= 15 is 0 Å². The van der Waals surface area contributed by atoms with Crippen molar-refractivity contribution < 1.29 is 24.2 Å². The van der Waals surface area contributed by atoms with E-state index in [1.54, 1.807) is 32.2 Å². The number of methoxy groups -OCH3 is 1. The number of nitrogens with zero attached hydrogens (tertiary/aromatic N) is 1. The number of carbonyl (C=O) groups is 2. The molecule has 0 saturated carbocycles. The average molecular weight is 535 g/mol. The van der Waals surface area contributed by atoms with E-state index in [-0.39, 0.29) is 36.7 Å². The van der Waals surface area contributed by atoms with E-state index in [2.05, 4.69) is 10.6 Å². The Bertz CT molecular complexity index is 1320. The molecule has 0 aromatic heterocycles. The lowest BCUT2D eigenvalue weighted by Crippen LogP contribution is -2.70. The molecule has 4 N–H and O–H groups in total. The number of benzene rings is 2. The van der Waals surface area contributed by atoms with Gasteiger partial charge in [-0.05, 0) is 62.6 Å². The Hall–Kier alpha value is -3.43. The molecule has 2 amide bonds. The number of rotatable bonds is 5. The van der Waals surface area contributed by atoms with E-state index in [1.807, 2.05) is 52.0 Å². The molecule has 3 aliphatic rings. The van der Waals surface area contributed by atoms with Crippen LogP contribution in [0, 0.1) is 5.41 Å². The Morgan fingerprint density at radius 2 is 1.90 bits per heavy atom. The molecule has 208 valence electrons. The molecular weight excluding hydrogens is 496 g/mol. The molecule has 1 aliphatic carbocycles. The Balaban J connectivity index is 1.47. The number of amides is 2. The highest BCUT2D eigenvalue weighted by Crippen LogP contribution is 2.45. The molecule has 39 heavy (non-hydrogen) atoms. The number of hydrogen-bond acceptors (Lipinski definition) is 6. The van der Waals surface area contributed by atoms with Crippen molar-refractivity contribution >= 4 is 17.8 Å². The van der Waals surface area contributed by atoms with Crippen LogP contribution in [0.1, 0.15) is 80.0 Å². The van der Waals surface area contributed by atoms with Gasteiger partial charge in [0.2, 0.25) is 5.91 Å². The van der Waals surface area contributed by atoms with Gasteiger partial charge in [-0.25, -0.2) is 0 Å². The van der Waals surface area contributed by atoms with Crippen molar-refractivity contribution in [1.29, 1.82) is 5.41 Å². The summed E-state index contributed by atoms with van der Waals surface area (Å²) in [5.74, 6) is -0.106. The summed E-state index contributed by atoms with van der Waals surface area (Å²) in [6.45, 7) is 9.61. The number of guanidine groups is 1. The summed E-state index contributed by atoms with van der Waals surface area (Å²) in [7, 11) is 1.58. The second-order valence-corrected chi connectivity index (χ2v) is 12.3. The second-order valence-electron chi connectivity index (χ2n) is 12.3. The van der Waals surface area contributed by atoms with Crippen LogP contribution in [-0.4, -0.2) is 64.3 Å². The molecule has 0 spiro atoms. The number of nitrogens with one attached hydrogen (secondary N) is 3. The van der Waals surface area contributed by atoms with Crippen molar-refractivity contribution in [2.24, 2.45) is 0 Å². The van der Waals surface area contributed by atoms with E-state index < -0.39 is 28.8 Å². The summed E-state index contributed by atoms with van der Waals surface area (Å²) in [6.07, 6.45) is 0.698. The smallest absolute Gasteiger partial charge is 0.251 e. The number of hydrogen-bond donors (Lipinski definition) is 4. The molecule has 2 unspecified atom stereocenters. The fourth-order valence-corrected chi connectivity index (χ4v) is 6.60. The van der Waals surface area contributed by atoms with E-state index in [0.29, 0.717) is 17.7 Å². The van der Waals surface area contributed by atoms with Crippen molar-refractivity contribution in [3.63, 3.8) is 0 Å². The first kappa shape index (κ1) is 27.1. The Morgan fingerprint density at radius 1 is 1.18 bits per heavy atom. The minimum absolute atomic E-state index is 0.0264. The van der Waals surface area contributed by atoms with Crippen LogP contribution >= 0.6 is 0 Å². The minimum atomic E-state index is -1.10. The average Bonchev–Trinajstić information content (AvgIpc) is 3.09. The van der Waals surface area contributed by atoms with Crippen LogP contribution in [-0.2, 0) is 16.0 Å². The monoisotopic (exact) mass is 534 g/mol. The number of carbonyl (C=O) groups excluding carboxylic acids is 2. The molecule has 2 aromatic rings. The van der Waals surface area contributed by atoms with Crippen LogP contribution in [0.3, 0.4) is 0 Å². The SMILES string of the molecule is COCC1(C)Oc2ccc(C(=O)N[C@@H]3c4ccccc4C[C@]3(C)O)cc2[C@H](C)C1N1C(=N)NC(C)(C)CC1=O. The largest absolute Gasteiger partial charge is 0.483 e. The first-order valence-electron chi connectivity index (χ1n) is 13.4. The van der Waals surface area contributed by atoms with Gasteiger partial charge >= 0.3 is 0 Å². The fraction of sp³-hybridized carbons (Fsp3) is 0.500. The third-order valence-electron chi connectivity index (χ3n) is 8.29. The van der Waals surface area contributed by atoms with Crippen LogP contribution in [0.15, 0.2) is 42.5 Å². The minimum Gasteiger partial charge on any atom is -0.483 e. The fourth-order valence-electron chi connectivity index (χ4n) is 6.60. The molecule has 1 saturated heterocycles. The lowest BCUT2D eigenvalue weighted by Gasteiger charge is -2.52. The van der Waals surface area contributed by atoms with Crippen molar-refractivity contribution in [2.75, 3.05) is 13.7 Å².